The first-order valence-corrected chi connectivity index (χ1v) is 6.29. The van der Waals surface area contributed by atoms with Gasteiger partial charge in [0.2, 0.25) is 0 Å². The SMILES string of the molecule is COc1ccc(N2C(=O)C(=O)N(CC(C)C)C2=O)cc1. The number of carbonyl (C=O) groups is 3. The van der Waals surface area contributed by atoms with E-state index in [2.05, 4.69) is 0 Å². The van der Waals surface area contributed by atoms with Gasteiger partial charge in [0.15, 0.2) is 0 Å². The smallest absolute Gasteiger partial charge is 0.338 e. The lowest BCUT2D eigenvalue weighted by molar-refractivity contribution is -0.139. The number of anilines is 1. The van der Waals surface area contributed by atoms with Crippen LogP contribution in [0.3, 0.4) is 0 Å². The maximum absolute atomic E-state index is 12.2. The maximum Gasteiger partial charge on any atom is 0.338 e. The van der Waals surface area contributed by atoms with Crippen LogP contribution in [0.15, 0.2) is 24.3 Å². The zero-order valence-corrected chi connectivity index (χ0v) is 11.6. The van der Waals surface area contributed by atoms with Crippen molar-refractivity contribution >= 4 is 23.5 Å². The second-order valence-electron chi connectivity index (χ2n) is 4.93. The average Bonchev–Trinajstić information content (AvgIpc) is 2.63. The summed E-state index contributed by atoms with van der Waals surface area (Å²) >= 11 is 0. The zero-order chi connectivity index (χ0) is 14.9. The Hall–Kier alpha value is -2.37. The van der Waals surface area contributed by atoms with Gasteiger partial charge in [-0.1, -0.05) is 13.8 Å². The van der Waals surface area contributed by atoms with Crippen molar-refractivity contribution in [3.05, 3.63) is 24.3 Å². The van der Waals surface area contributed by atoms with E-state index in [-0.39, 0.29) is 12.5 Å². The molecule has 106 valence electrons. The molecule has 1 aliphatic rings. The molecule has 0 N–H and O–H groups in total. The molecule has 1 aromatic rings. The molecule has 0 aromatic heterocycles. The molecule has 0 atom stereocenters. The molecule has 20 heavy (non-hydrogen) atoms. The lowest BCUT2D eigenvalue weighted by Gasteiger charge is -2.17. The summed E-state index contributed by atoms with van der Waals surface area (Å²) in [6, 6.07) is 5.80. The Bertz CT molecular complexity index is 551. The Morgan fingerprint density at radius 2 is 1.65 bits per heavy atom. The number of rotatable bonds is 4. The van der Waals surface area contributed by atoms with Crippen molar-refractivity contribution in [2.75, 3.05) is 18.6 Å². The summed E-state index contributed by atoms with van der Waals surface area (Å²) in [5, 5.41) is 0. The Morgan fingerprint density at radius 1 is 1.05 bits per heavy atom. The summed E-state index contributed by atoms with van der Waals surface area (Å²) in [4.78, 5) is 37.9. The molecule has 6 heteroatoms. The zero-order valence-electron chi connectivity index (χ0n) is 11.6. The van der Waals surface area contributed by atoms with E-state index in [0.717, 1.165) is 9.80 Å². The predicted octanol–water partition coefficient (Wildman–Crippen LogP) is 1.65. The van der Waals surface area contributed by atoms with E-state index in [1.807, 2.05) is 13.8 Å². The van der Waals surface area contributed by atoms with Gasteiger partial charge in [0.05, 0.1) is 12.8 Å². The number of methoxy groups -OCH3 is 1. The summed E-state index contributed by atoms with van der Waals surface area (Å²) in [5.41, 5.74) is 0.361. The fraction of sp³-hybridized carbons (Fsp3) is 0.357. The molecule has 0 saturated carbocycles. The van der Waals surface area contributed by atoms with Crippen molar-refractivity contribution in [1.82, 2.24) is 4.90 Å². The van der Waals surface area contributed by atoms with Crippen molar-refractivity contribution in [2.45, 2.75) is 13.8 Å². The molecule has 0 radical (unpaired) electrons. The first-order valence-electron chi connectivity index (χ1n) is 6.29. The lowest BCUT2D eigenvalue weighted by atomic mass is 10.2. The third kappa shape index (κ3) is 2.36. The normalized spacial score (nSPS) is 15.5. The Balaban J connectivity index is 2.29. The third-order valence-corrected chi connectivity index (χ3v) is 2.93. The van der Waals surface area contributed by atoms with E-state index in [0.29, 0.717) is 11.4 Å². The van der Waals surface area contributed by atoms with Crippen molar-refractivity contribution in [3.8, 4) is 5.75 Å². The molecule has 1 fully saturated rings. The minimum Gasteiger partial charge on any atom is -0.497 e. The molecule has 0 spiro atoms. The van der Waals surface area contributed by atoms with Crippen LogP contribution in [0.4, 0.5) is 10.5 Å². The maximum atomic E-state index is 12.2. The molecular weight excluding hydrogens is 260 g/mol. The molecule has 0 unspecified atom stereocenters. The Labute approximate surface area is 116 Å². The van der Waals surface area contributed by atoms with Gasteiger partial charge in [-0.3, -0.25) is 14.5 Å². The fourth-order valence-corrected chi connectivity index (χ4v) is 1.99. The summed E-state index contributed by atoms with van der Waals surface area (Å²) in [5.74, 6) is -0.884. The molecule has 1 heterocycles. The van der Waals surface area contributed by atoms with Crippen molar-refractivity contribution < 1.29 is 19.1 Å². The molecule has 2 rings (SSSR count). The summed E-state index contributed by atoms with van der Waals surface area (Å²) in [6.45, 7) is 3.98. The molecule has 1 aliphatic heterocycles. The topological polar surface area (TPSA) is 66.9 Å². The summed E-state index contributed by atoms with van der Waals surface area (Å²) in [6.07, 6.45) is 0. The molecular formula is C14H16N2O4. The van der Waals surface area contributed by atoms with Crippen LogP contribution in [0, 0.1) is 5.92 Å². The van der Waals surface area contributed by atoms with Gasteiger partial charge in [-0.05, 0) is 30.2 Å². The number of amides is 4. The highest BCUT2D eigenvalue weighted by molar-refractivity contribution is 6.52. The molecule has 1 saturated heterocycles. The van der Waals surface area contributed by atoms with Crippen LogP contribution in [0.5, 0.6) is 5.75 Å². The summed E-state index contributed by atoms with van der Waals surface area (Å²) in [7, 11) is 1.52. The molecule has 1 aromatic carbocycles. The number of ether oxygens (including phenoxy) is 1. The summed E-state index contributed by atoms with van der Waals surface area (Å²) < 4.78 is 5.01. The van der Waals surface area contributed by atoms with Crippen molar-refractivity contribution in [3.63, 3.8) is 0 Å². The van der Waals surface area contributed by atoms with Crippen molar-refractivity contribution in [1.29, 1.82) is 0 Å². The van der Waals surface area contributed by atoms with Crippen LogP contribution < -0.4 is 9.64 Å². The van der Waals surface area contributed by atoms with Crippen molar-refractivity contribution in [2.24, 2.45) is 5.92 Å². The Morgan fingerprint density at radius 3 is 2.15 bits per heavy atom. The van der Waals surface area contributed by atoms with Gasteiger partial charge in [0.25, 0.3) is 0 Å². The van der Waals surface area contributed by atoms with Gasteiger partial charge >= 0.3 is 17.8 Å². The van der Waals surface area contributed by atoms with Crippen LogP contribution in [-0.2, 0) is 9.59 Å². The van der Waals surface area contributed by atoms with Crippen LogP contribution in [0.1, 0.15) is 13.8 Å². The lowest BCUT2D eigenvalue weighted by Crippen LogP contribution is -2.35. The monoisotopic (exact) mass is 276 g/mol. The largest absolute Gasteiger partial charge is 0.497 e. The van der Waals surface area contributed by atoms with E-state index in [4.69, 9.17) is 4.74 Å². The van der Waals surface area contributed by atoms with E-state index in [9.17, 15) is 14.4 Å². The van der Waals surface area contributed by atoms with Gasteiger partial charge in [-0.15, -0.1) is 0 Å². The highest BCUT2D eigenvalue weighted by Crippen LogP contribution is 2.25. The predicted molar refractivity (Wildman–Crippen MR) is 72.4 cm³/mol. The number of carbonyl (C=O) groups excluding carboxylic acids is 3. The van der Waals surface area contributed by atoms with Gasteiger partial charge < -0.3 is 4.74 Å². The highest BCUT2D eigenvalue weighted by Gasteiger charge is 2.45. The molecule has 0 aliphatic carbocycles. The highest BCUT2D eigenvalue weighted by atomic mass is 16.5. The second kappa shape index (κ2) is 5.32. The minimum absolute atomic E-state index is 0.103. The number of urea groups is 1. The van der Waals surface area contributed by atoms with Gasteiger partial charge in [-0.2, -0.15) is 0 Å². The number of benzene rings is 1. The number of imide groups is 2. The van der Waals surface area contributed by atoms with Gasteiger partial charge in [0, 0.05) is 6.54 Å². The average molecular weight is 276 g/mol. The van der Waals surface area contributed by atoms with E-state index in [1.54, 1.807) is 24.3 Å². The quantitative estimate of drug-likeness (QED) is 0.619. The minimum atomic E-state index is -0.819. The van der Waals surface area contributed by atoms with E-state index < -0.39 is 17.8 Å². The first kappa shape index (κ1) is 14.0. The van der Waals surface area contributed by atoms with E-state index >= 15 is 0 Å². The van der Waals surface area contributed by atoms with E-state index in [1.165, 1.54) is 7.11 Å². The third-order valence-electron chi connectivity index (χ3n) is 2.93. The van der Waals surface area contributed by atoms with Crippen LogP contribution in [0.2, 0.25) is 0 Å². The van der Waals surface area contributed by atoms with Gasteiger partial charge in [0.1, 0.15) is 5.75 Å². The standard InChI is InChI=1S/C14H16N2O4/c1-9(2)8-15-12(17)13(18)16(14(15)19)10-4-6-11(20-3)7-5-10/h4-7,9H,8H2,1-3H3. The number of hydrogen-bond acceptors (Lipinski definition) is 4. The number of nitrogens with zero attached hydrogens (tertiary/aromatic N) is 2. The fourth-order valence-electron chi connectivity index (χ4n) is 1.99. The Kier molecular flexibility index (Phi) is 3.74. The van der Waals surface area contributed by atoms with Crippen LogP contribution in [-0.4, -0.2) is 36.4 Å². The molecule has 6 nitrogen and oxygen atoms in total. The molecule has 4 amide bonds. The number of hydrogen-bond donors (Lipinski definition) is 0. The van der Waals surface area contributed by atoms with Gasteiger partial charge in [-0.25, -0.2) is 9.69 Å². The second-order valence-corrected chi connectivity index (χ2v) is 4.93. The molecule has 0 bridgehead atoms. The first-order chi connectivity index (χ1) is 9.45. The van der Waals surface area contributed by atoms with Crippen LogP contribution in [0.25, 0.3) is 0 Å². The van der Waals surface area contributed by atoms with Crippen LogP contribution >= 0.6 is 0 Å².